The molecule has 642 valence electrons. The van der Waals surface area contributed by atoms with E-state index in [4.69, 9.17) is 37.0 Å². The molecule has 7 atom stereocenters. The fourth-order valence-corrected chi connectivity index (χ4v) is 15.5. The predicted octanol–water partition coefficient (Wildman–Crippen LogP) is 27.4. The SMILES string of the molecule is CCCCCCCCCCCCCCCCCCCCCC(=O)OC[C@H](COP(=O)(O)OC[C@@H](O)COP(=O)(O)OC[C@@H](COC(=O)CCCCCCCCCCC)OC(=O)CCCCCCCCCCCCCCCCC(C)CC)OC(=O)CCCCCCCCCCCCCCCCCCCCC(C)CC. The molecule has 108 heavy (non-hydrogen) atoms. The molecule has 0 rings (SSSR count). The van der Waals surface area contributed by atoms with Crippen molar-refractivity contribution in [2.75, 3.05) is 39.6 Å². The second-order valence-corrected chi connectivity index (χ2v) is 35.4. The molecule has 0 aromatic rings. The molecule has 0 bridgehead atoms. The molecule has 0 saturated heterocycles. The average Bonchev–Trinajstić information content (AvgIpc) is 0.901. The Kier molecular flexibility index (Phi) is 78.8. The Balaban J connectivity index is 5.20. The number of phosphoric acid groups is 2. The molecule has 0 spiro atoms. The quantitative estimate of drug-likeness (QED) is 0.0222. The number of aliphatic hydroxyl groups excluding tert-OH is 1. The van der Waals surface area contributed by atoms with Crippen molar-refractivity contribution in [2.24, 2.45) is 11.8 Å². The highest BCUT2D eigenvalue weighted by molar-refractivity contribution is 7.47. The number of aliphatic hydroxyl groups is 1. The van der Waals surface area contributed by atoms with Crippen molar-refractivity contribution in [1.82, 2.24) is 0 Å². The van der Waals surface area contributed by atoms with Crippen LogP contribution >= 0.6 is 15.6 Å². The summed E-state index contributed by atoms with van der Waals surface area (Å²) in [5, 5.41) is 10.7. The molecule has 4 unspecified atom stereocenters. The first-order valence-electron chi connectivity index (χ1n) is 46.1. The molecule has 0 fully saturated rings. The van der Waals surface area contributed by atoms with E-state index in [1.165, 1.54) is 295 Å². The normalized spacial score (nSPS) is 14.3. The minimum Gasteiger partial charge on any atom is -0.462 e. The Morgan fingerprint density at radius 1 is 0.259 bits per heavy atom. The van der Waals surface area contributed by atoms with Crippen molar-refractivity contribution in [2.45, 2.75) is 496 Å². The van der Waals surface area contributed by atoms with Gasteiger partial charge < -0.3 is 33.8 Å². The molecule has 0 aliphatic heterocycles. The maximum Gasteiger partial charge on any atom is 0.472 e. The number of esters is 4. The van der Waals surface area contributed by atoms with Crippen LogP contribution in [-0.2, 0) is 65.4 Å². The molecule has 0 heterocycles. The van der Waals surface area contributed by atoms with Crippen LogP contribution in [0.2, 0.25) is 0 Å². The number of hydrogen-bond donors (Lipinski definition) is 3. The van der Waals surface area contributed by atoms with Crippen LogP contribution in [0.1, 0.15) is 478 Å². The maximum absolute atomic E-state index is 13.2. The van der Waals surface area contributed by atoms with Gasteiger partial charge in [-0.05, 0) is 37.5 Å². The summed E-state index contributed by atoms with van der Waals surface area (Å²) in [7, 11) is -9.93. The standard InChI is InChI=1S/C89H174O17P2/c1-7-11-13-15-17-19-20-21-22-23-24-28-31-37-42-48-54-60-66-72-87(92)100-78-85(106-89(94)73-67-61-55-49-43-38-32-29-26-25-27-30-35-40-46-51-57-63-69-81(5)9-3)80-104-108(97,98)102-76-83(90)75-101-107(95,96)103-79-84(77-99-86(91)71-65-59-53-45-18-16-14-12-8-2)105-88(93)74-68-62-56-50-44-39-34-33-36-41-47-52-58-64-70-82(6)10-4/h81-85,90H,7-80H2,1-6H3,(H,95,96)(H,97,98)/t81?,82?,83-,84+,85+/m0/s1. The molecule has 0 aliphatic rings. The zero-order valence-electron chi connectivity index (χ0n) is 71.2. The van der Waals surface area contributed by atoms with Crippen molar-refractivity contribution in [3.63, 3.8) is 0 Å². The Bertz CT molecular complexity index is 2070. The van der Waals surface area contributed by atoms with Gasteiger partial charge in [-0.1, -0.05) is 427 Å². The van der Waals surface area contributed by atoms with E-state index >= 15 is 0 Å². The molecular formula is C89H174O17P2. The predicted molar refractivity (Wildman–Crippen MR) is 446 cm³/mol. The maximum atomic E-state index is 13.2. The lowest BCUT2D eigenvalue weighted by molar-refractivity contribution is -0.161. The Morgan fingerprint density at radius 2 is 0.444 bits per heavy atom. The minimum absolute atomic E-state index is 0.108. The molecule has 0 aromatic carbocycles. The van der Waals surface area contributed by atoms with Crippen molar-refractivity contribution in [3.05, 3.63) is 0 Å². The summed E-state index contributed by atoms with van der Waals surface area (Å²) in [6, 6.07) is 0. The zero-order valence-corrected chi connectivity index (χ0v) is 73.0. The summed E-state index contributed by atoms with van der Waals surface area (Å²) in [5.41, 5.74) is 0. The summed E-state index contributed by atoms with van der Waals surface area (Å²) in [5.74, 6) is -0.382. The van der Waals surface area contributed by atoms with Crippen LogP contribution in [-0.4, -0.2) is 96.7 Å². The molecule has 0 aromatic heterocycles. The molecule has 19 heteroatoms. The molecule has 0 amide bonds. The summed E-state index contributed by atoms with van der Waals surface area (Å²) in [6.07, 6.45) is 73.6. The van der Waals surface area contributed by atoms with Crippen molar-refractivity contribution in [1.29, 1.82) is 0 Å². The van der Waals surface area contributed by atoms with E-state index in [2.05, 4.69) is 41.5 Å². The Hall–Kier alpha value is -1.94. The molecule has 17 nitrogen and oxygen atoms in total. The third kappa shape index (κ3) is 79.3. The van der Waals surface area contributed by atoms with Crippen molar-refractivity contribution in [3.8, 4) is 0 Å². The van der Waals surface area contributed by atoms with E-state index in [0.29, 0.717) is 25.7 Å². The summed E-state index contributed by atoms with van der Waals surface area (Å²) in [6.45, 7) is 9.79. The Labute approximate surface area is 664 Å². The average molecular weight is 1580 g/mol. The van der Waals surface area contributed by atoms with Gasteiger partial charge in [0.15, 0.2) is 12.2 Å². The van der Waals surface area contributed by atoms with Gasteiger partial charge in [-0.15, -0.1) is 0 Å². The molecular weight excluding hydrogens is 1400 g/mol. The monoisotopic (exact) mass is 1580 g/mol. The highest BCUT2D eigenvalue weighted by Gasteiger charge is 2.31. The van der Waals surface area contributed by atoms with Gasteiger partial charge in [-0.25, -0.2) is 9.13 Å². The van der Waals surface area contributed by atoms with Crippen LogP contribution in [0.25, 0.3) is 0 Å². The number of hydrogen-bond acceptors (Lipinski definition) is 15. The molecule has 0 aliphatic carbocycles. The van der Waals surface area contributed by atoms with Gasteiger partial charge in [0.1, 0.15) is 19.3 Å². The molecule has 0 saturated carbocycles. The molecule has 0 radical (unpaired) electrons. The first-order valence-corrected chi connectivity index (χ1v) is 49.1. The third-order valence-corrected chi connectivity index (χ3v) is 23.6. The lowest BCUT2D eigenvalue weighted by Gasteiger charge is -2.21. The van der Waals surface area contributed by atoms with E-state index in [-0.39, 0.29) is 25.7 Å². The molecule has 3 N–H and O–H groups in total. The first kappa shape index (κ1) is 106. The fraction of sp³-hybridized carbons (Fsp3) is 0.955. The van der Waals surface area contributed by atoms with Crippen LogP contribution < -0.4 is 0 Å². The van der Waals surface area contributed by atoms with Gasteiger partial charge in [0.05, 0.1) is 26.4 Å². The second kappa shape index (κ2) is 80.3. The number of phosphoric ester groups is 2. The minimum atomic E-state index is -4.97. The van der Waals surface area contributed by atoms with Gasteiger partial charge in [0.2, 0.25) is 0 Å². The number of rotatable bonds is 88. The van der Waals surface area contributed by atoms with E-state index in [9.17, 15) is 43.2 Å². The Morgan fingerprint density at radius 3 is 0.657 bits per heavy atom. The first-order chi connectivity index (χ1) is 52.4. The van der Waals surface area contributed by atoms with Crippen LogP contribution in [0.5, 0.6) is 0 Å². The van der Waals surface area contributed by atoms with Crippen LogP contribution in [0.15, 0.2) is 0 Å². The van der Waals surface area contributed by atoms with Gasteiger partial charge in [-0.2, -0.15) is 0 Å². The number of carbonyl (C=O) groups is 4. The highest BCUT2D eigenvalue weighted by atomic mass is 31.2. The lowest BCUT2D eigenvalue weighted by atomic mass is 9.99. The van der Waals surface area contributed by atoms with E-state index < -0.39 is 97.5 Å². The van der Waals surface area contributed by atoms with Crippen LogP contribution in [0.4, 0.5) is 0 Å². The largest absolute Gasteiger partial charge is 0.472 e. The van der Waals surface area contributed by atoms with Crippen LogP contribution in [0.3, 0.4) is 0 Å². The van der Waals surface area contributed by atoms with E-state index in [0.717, 1.165) is 102 Å². The number of carbonyl (C=O) groups excluding carboxylic acids is 4. The topological polar surface area (TPSA) is 237 Å². The van der Waals surface area contributed by atoms with Crippen molar-refractivity contribution >= 4 is 39.5 Å². The smallest absolute Gasteiger partial charge is 0.462 e. The third-order valence-electron chi connectivity index (χ3n) is 21.7. The summed E-state index contributed by atoms with van der Waals surface area (Å²) < 4.78 is 68.9. The second-order valence-electron chi connectivity index (χ2n) is 32.5. The van der Waals surface area contributed by atoms with Crippen LogP contribution in [0, 0.1) is 11.8 Å². The highest BCUT2D eigenvalue weighted by Crippen LogP contribution is 2.45. The summed E-state index contributed by atoms with van der Waals surface area (Å²) in [4.78, 5) is 73.3. The summed E-state index contributed by atoms with van der Waals surface area (Å²) >= 11 is 0. The number of unbranched alkanes of at least 4 members (excludes halogenated alkanes) is 56. The van der Waals surface area contributed by atoms with Crippen molar-refractivity contribution < 1.29 is 80.2 Å². The van der Waals surface area contributed by atoms with Gasteiger partial charge >= 0.3 is 39.5 Å². The van der Waals surface area contributed by atoms with Gasteiger partial charge in [0, 0.05) is 25.7 Å². The van der Waals surface area contributed by atoms with Gasteiger partial charge in [-0.3, -0.25) is 37.3 Å². The number of ether oxygens (including phenoxy) is 4. The van der Waals surface area contributed by atoms with E-state index in [1.54, 1.807) is 0 Å². The zero-order chi connectivity index (χ0) is 79.2. The fourth-order valence-electron chi connectivity index (χ4n) is 13.9. The lowest BCUT2D eigenvalue weighted by Crippen LogP contribution is -2.30. The van der Waals surface area contributed by atoms with Gasteiger partial charge in [0.25, 0.3) is 0 Å². The van der Waals surface area contributed by atoms with E-state index in [1.807, 2.05) is 0 Å².